The van der Waals surface area contributed by atoms with Crippen LogP contribution in [0.25, 0.3) is 21.9 Å². The lowest BCUT2D eigenvalue weighted by molar-refractivity contribution is 0.476. The Morgan fingerprint density at radius 1 is 0.862 bits per heavy atom. The van der Waals surface area contributed by atoms with Crippen LogP contribution in [0, 0.1) is 0 Å². The molecule has 0 aliphatic carbocycles. The maximum atomic E-state index is 4.87. The summed E-state index contributed by atoms with van der Waals surface area (Å²) in [5, 5.41) is 8.27. The van der Waals surface area contributed by atoms with Gasteiger partial charge >= 0.3 is 0 Å². The van der Waals surface area contributed by atoms with Gasteiger partial charge in [0.15, 0.2) is 0 Å². The average molecular weight is 430 g/mol. The maximum Gasteiger partial charge on any atom is 0.204 e. The van der Waals surface area contributed by atoms with Gasteiger partial charge < -0.3 is 15.2 Å². The fourth-order valence-electron chi connectivity index (χ4n) is 3.85. The van der Waals surface area contributed by atoms with E-state index >= 15 is 0 Å². The van der Waals surface area contributed by atoms with E-state index in [0.29, 0.717) is 12.6 Å². The predicted octanol–water partition coefficient (Wildman–Crippen LogP) is 4.64. The van der Waals surface area contributed by atoms with Crippen molar-refractivity contribution < 1.29 is 0 Å². The first-order valence-electron chi connectivity index (χ1n) is 9.64. The van der Waals surface area contributed by atoms with Gasteiger partial charge in [0.05, 0.1) is 28.8 Å². The maximum absolute atomic E-state index is 4.87. The van der Waals surface area contributed by atoms with Gasteiger partial charge in [-0.1, -0.05) is 36.4 Å². The molecule has 0 spiro atoms. The number of nitrogens with one attached hydrogen (secondary N) is 2. The zero-order valence-corrected chi connectivity index (χ0v) is 17.7. The topological polar surface area (TPSA) is 54.8 Å². The van der Waals surface area contributed by atoms with Crippen molar-refractivity contribution in [3.63, 3.8) is 0 Å². The normalized spacial score (nSPS) is 14.3. The third-order valence-electron chi connectivity index (χ3n) is 5.30. The van der Waals surface area contributed by atoms with Crippen molar-refractivity contribution in [2.75, 3.05) is 18.4 Å². The molecule has 2 N–H and O–H groups in total. The molecule has 0 radical (unpaired) electrons. The highest BCUT2D eigenvalue weighted by molar-refractivity contribution is 5.85. The molecule has 1 aliphatic heterocycles. The van der Waals surface area contributed by atoms with Crippen LogP contribution in [0.3, 0.4) is 0 Å². The van der Waals surface area contributed by atoms with E-state index < -0.39 is 0 Å². The first kappa shape index (κ1) is 21.4. The van der Waals surface area contributed by atoms with Crippen LogP contribution in [0.1, 0.15) is 18.5 Å². The van der Waals surface area contributed by atoms with Gasteiger partial charge in [-0.3, -0.25) is 4.98 Å². The number of rotatable bonds is 4. The molecular formula is C22H25Cl2N5. The number of halogens is 2. The number of anilines is 1. The zero-order chi connectivity index (χ0) is 18.1. The van der Waals surface area contributed by atoms with Crippen LogP contribution >= 0.6 is 24.8 Å². The van der Waals surface area contributed by atoms with E-state index in [1.807, 2.05) is 18.2 Å². The Labute approximate surface area is 182 Å². The van der Waals surface area contributed by atoms with Gasteiger partial charge in [-0.25, -0.2) is 4.98 Å². The number of para-hydroxylation sites is 3. The molecule has 29 heavy (non-hydrogen) atoms. The van der Waals surface area contributed by atoms with Crippen molar-refractivity contribution in [3.8, 4) is 0 Å². The van der Waals surface area contributed by atoms with E-state index in [0.717, 1.165) is 54.1 Å². The van der Waals surface area contributed by atoms with Crippen molar-refractivity contribution >= 4 is 52.7 Å². The molecule has 3 heterocycles. The lowest BCUT2D eigenvalue weighted by Gasteiger charge is -2.24. The SMILES string of the molecule is Cl.Cl.c1ccc2nc(Cn3c(NC4CCNCC4)nc4ccccc43)ccc2c1. The van der Waals surface area contributed by atoms with Gasteiger partial charge in [0, 0.05) is 11.4 Å². The lowest BCUT2D eigenvalue weighted by atomic mass is 10.1. The number of benzene rings is 2. The molecule has 0 unspecified atom stereocenters. The summed E-state index contributed by atoms with van der Waals surface area (Å²) in [6, 6.07) is 21.3. The average Bonchev–Trinajstić information content (AvgIpc) is 3.06. The fourth-order valence-corrected chi connectivity index (χ4v) is 3.85. The molecule has 152 valence electrons. The van der Waals surface area contributed by atoms with Gasteiger partial charge in [0.25, 0.3) is 0 Å². The van der Waals surface area contributed by atoms with Gasteiger partial charge in [-0.2, -0.15) is 0 Å². The van der Waals surface area contributed by atoms with Crippen LogP contribution in [-0.2, 0) is 6.54 Å². The highest BCUT2D eigenvalue weighted by atomic mass is 35.5. The summed E-state index contributed by atoms with van der Waals surface area (Å²) in [6.07, 6.45) is 2.24. The second-order valence-corrected chi connectivity index (χ2v) is 7.17. The Balaban J connectivity index is 0.00000120. The second-order valence-electron chi connectivity index (χ2n) is 7.17. The Hall–Kier alpha value is -2.34. The Morgan fingerprint density at radius 2 is 1.59 bits per heavy atom. The zero-order valence-electron chi connectivity index (χ0n) is 16.0. The fraction of sp³-hybridized carbons (Fsp3) is 0.273. The number of fused-ring (bicyclic) bond motifs is 2. The molecule has 0 bridgehead atoms. The minimum Gasteiger partial charge on any atom is -0.353 e. The summed E-state index contributed by atoms with van der Waals surface area (Å²) >= 11 is 0. The molecule has 2 aromatic heterocycles. The van der Waals surface area contributed by atoms with Crippen LogP contribution in [0.4, 0.5) is 5.95 Å². The monoisotopic (exact) mass is 429 g/mol. The molecule has 2 aromatic carbocycles. The summed E-state index contributed by atoms with van der Waals surface area (Å²) in [4.78, 5) is 9.73. The van der Waals surface area contributed by atoms with Crippen molar-refractivity contribution in [3.05, 3.63) is 66.4 Å². The first-order chi connectivity index (χ1) is 13.4. The van der Waals surface area contributed by atoms with Crippen molar-refractivity contribution in [2.45, 2.75) is 25.4 Å². The number of pyridine rings is 1. The predicted molar refractivity (Wildman–Crippen MR) is 125 cm³/mol. The van der Waals surface area contributed by atoms with E-state index in [4.69, 9.17) is 9.97 Å². The van der Waals surface area contributed by atoms with E-state index in [2.05, 4.69) is 57.7 Å². The standard InChI is InChI=1S/C22H23N5.2ClH/c1-2-6-19-16(5-1)9-10-18(24-19)15-27-21-8-4-3-7-20(21)26-22(27)25-17-11-13-23-14-12-17;;/h1-10,17,23H,11-15H2,(H,25,26);2*1H. The molecule has 7 heteroatoms. The summed E-state index contributed by atoms with van der Waals surface area (Å²) in [7, 11) is 0. The number of nitrogens with zero attached hydrogens (tertiary/aromatic N) is 3. The molecule has 4 aromatic rings. The summed E-state index contributed by atoms with van der Waals surface area (Å²) in [5.41, 5.74) is 4.25. The summed E-state index contributed by atoms with van der Waals surface area (Å²) < 4.78 is 2.26. The van der Waals surface area contributed by atoms with Gasteiger partial charge in [0.2, 0.25) is 5.95 Å². The van der Waals surface area contributed by atoms with Gasteiger partial charge in [-0.05, 0) is 50.2 Å². The van der Waals surface area contributed by atoms with Crippen LogP contribution in [-0.4, -0.2) is 33.7 Å². The Bertz CT molecular complexity index is 1090. The Kier molecular flexibility index (Phi) is 6.96. The van der Waals surface area contributed by atoms with Crippen molar-refractivity contribution in [1.82, 2.24) is 19.9 Å². The van der Waals surface area contributed by atoms with Gasteiger partial charge in [-0.15, -0.1) is 24.8 Å². The van der Waals surface area contributed by atoms with Crippen LogP contribution in [0.5, 0.6) is 0 Å². The number of piperidine rings is 1. The quantitative estimate of drug-likeness (QED) is 0.495. The summed E-state index contributed by atoms with van der Waals surface area (Å²) in [5.74, 6) is 0.943. The minimum absolute atomic E-state index is 0. The number of hydrogen-bond donors (Lipinski definition) is 2. The molecule has 1 fully saturated rings. The van der Waals surface area contributed by atoms with Gasteiger partial charge in [0.1, 0.15) is 0 Å². The molecule has 0 saturated carbocycles. The largest absolute Gasteiger partial charge is 0.353 e. The van der Waals surface area contributed by atoms with Crippen LogP contribution < -0.4 is 10.6 Å². The second kappa shape index (κ2) is 9.44. The van der Waals surface area contributed by atoms with Crippen molar-refractivity contribution in [1.29, 1.82) is 0 Å². The molecule has 1 aliphatic rings. The van der Waals surface area contributed by atoms with Crippen LogP contribution in [0.15, 0.2) is 60.7 Å². The third kappa shape index (κ3) is 4.47. The number of aromatic nitrogens is 3. The number of imidazole rings is 1. The molecule has 1 saturated heterocycles. The molecular weight excluding hydrogens is 405 g/mol. The van der Waals surface area contributed by atoms with E-state index in [9.17, 15) is 0 Å². The summed E-state index contributed by atoms with van der Waals surface area (Å²) in [6.45, 7) is 2.83. The Morgan fingerprint density at radius 3 is 2.41 bits per heavy atom. The molecule has 0 amide bonds. The van der Waals surface area contributed by atoms with E-state index in [1.165, 1.54) is 5.39 Å². The van der Waals surface area contributed by atoms with E-state index in [1.54, 1.807) is 0 Å². The number of hydrogen-bond acceptors (Lipinski definition) is 4. The molecule has 0 atom stereocenters. The molecule has 5 nitrogen and oxygen atoms in total. The minimum atomic E-state index is 0. The van der Waals surface area contributed by atoms with E-state index in [-0.39, 0.29) is 24.8 Å². The highest BCUT2D eigenvalue weighted by Gasteiger charge is 2.17. The lowest BCUT2D eigenvalue weighted by Crippen LogP contribution is -2.36. The highest BCUT2D eigenvalue weighted by Crippen LogP contribution is 2.23. The first-order valence-corrected chi connectivity index (χ1v) is 9.64. The van der Waals surface area contributed by atoms with Crippen molar-refractivity contribution in [2.24, 2.45) is 0 Å². The van der Waals surface area contributed by atoms with Crippen LogP contribution in [0.2, 0.25) is 0 Å². The third-order valence-corrected chi connectivity index (χ3v) is 5.30. The smallest absolute Gasteiger partial charge is 0.204 e. The molecule has 5 rings (SSSR count).